The summed E-state index contributed by atoms with van der Waals surface area (Å²) in [6.45, 7) is 0.818. The lowest BCUT2D eigenvalue weighted by Gasteiger charge is -2.30. The zero-order chi connectivity index (χ0) is 16.3. The first kappa shape index (κ1) is 15.6. The number of hydrogen-bond donors (Lipinski definition) is 2. The summed E-state index contributed by atoms with van der Waals surface area (Å²) in [5, 5.41) is 12.4. The van der Waals surface area contributed by atoms with Gasteiger partial charge >= 0.3 is 5.97 Å². The van der Waals surface area contributed by atoms with Crippen LogP contribution in [-0.4, -0.2) is 35.7 Å². The number of carboxylic acid groups (broad SMARTS) is 1. The number of aliphatic carboxylic acids is 1. The van der Waals surface area contributed by atoms with E-state index in [0.717, 1.165) is 25.7 Å². The highest BCUT2D eigenvalue weighted by atomic mass is 16.6. The maximum Gasteiger partial charge on any atom is 0.329 e. The quantitative estimate of drug-likeness (QED) is 0.836. The van der Waals surface area contributed by atoms with Crippen molar-refractivity contribution >= 4 is 11.9 Å². The van der Waals surface area contributed by atoms with Crippen molar-refractivity contribution in [3.05, 3.63) is 23.8 Å². The van der Waals surface area contributed by atoms with E-state index in [1.54, 1.807) is 18.2 Å². The van der Waals surface area contributed by atoms with E-state index in [-0.39, 0.29) is 0 Å². The van der Waals surface area contributed by atoms with Crippen LogP contribution in [0.2, 0.25) is 0 Å². The molecule has 0 spiro atoms. The van der Waals surface area contributed by atoms with Gasteiger partial charge in [0.1, 0.15) is 18.8 Å². The second-order valence-electron chi connectivity index (χ2n) is 6.09. The van der Waals surface area contributed by atoms with E-state index >= 15 is 0 Å². The fourth-order valence-corrected chi connectivity index (χ4v) is 3.26. The van der Waals surface area contributed by atoms with Gasteiger partial charge in [0.2, 0.25) is 0 Å². The Bertz CT molecular complexity index is 605. The van der Waals surface area contributed by atoms with Crippen LogP contribution in [0.15, 0.2) is 18.2 Å². The van der Waals surface area contributed by atoms with Gasteiger partial charge in [-0.2, -0.15) is 0 Å². The Labute approximate surface area is 134 Å². The standard InChI is InChI=1S/C17H21NO5/c19-15(12-6-5-7-13-14(12)23-11-10-22-13)18-17(16(20)21)8-3-1-2-4-9-17/h5-7H,1-4,8-11H2,(H,18,19)(H,20,21). The van der Waals surface area contributed by atoms with Crippen molar-refractivity contribution < 1.29 is 24.2 Å². The van der Waals surface area contributed by atoms with E-state index in [1.165, 1.54) is 0 Å². The average Bonchev–Trinajstić information content (AvgIpc) is 2.81. The predicted molar refractivity (Wildman–Crippen MR) is 83.0 cm³/mol. The van der Waals surface area contributed by atoms with Crippen LogP contribution < -0.4 is 14.8 Å². The van der Waals surface area contributed by atoms with Crippen molar-refractivity contribution in [2.24, 2.45) is 0 Å². The fourth-order valence-electron chi connectivity index (χ4n) is 3.26. The van der Waals surface area contributed by atoms with E-state index in [2.05, 4.69) is 5.32 Å². The lowest BCUT2D eigenvalue weighted by molar-refractivity contribution is -0.145. The molecule has 1 amide bonds. The molecule has 2 aliphatic rings. The molecule has 1 saturated carbocycles. The molecule has 1 fully saturated rings. The van der Waals surface area contributed by atoms with Gasteiger partial charge in [-0.1, -0.05) is 31.7 Å². The van der Waals surface area contributed by atoms with Crippen molar-refractivity contribution in [3.63, 3.8) is 0 Å². The molecular formula is C17H21NO5. The van der Waals surface area contributed by atoms with Gasteiger partial charge in [0.15, 0.2) is 11.5 Å². The molecule has 0 bridgehead atoms. The SMILES string of the molecule is O=C(NC1(C(=O)O)CCCCCC1)c1cccc2c1OCCO2. The number of hydrogen-bond acceptors (Lipinski definition) is 4. The Morgan fingerprint density at radius 3 is 2.43 bits per heavy atom. The molecule has 1 aliphatic carbocycles. The van der Waals surface area contributed by atoms with Gasteiger partial charge in [0.05, 0.1) is 5.56 Å². The monoisotopic (exact) mass is 319 g/mol. The first-order valence-corrected chi connectivity index (χ1v) is 8.07. The summed E-state index contributed by atoms with van der Waals surface area (Å²) in [5.74, 6) is -0.467. The summed E-state index contributed by atoms with van der Waals surface area (Å²) in [6, 6.07) is 5.09. The molecule has 0 radical (unpaired) electrons. The summed E-state index contributed by atoms with van der Waals surface area (Å²) in [7, 11) is 0. The molecule has 0 aromatic heterocycles. The number of benzene rings is 1. The van der Waals surface area contributed by atoms with E-state index in [9.17, 15) is 14.7 Å². The summed E-state index contributed by atoms with van der Waals surface area (Å²) in [6.07, 6.45) is 4.53. The third kappa shape index (κ3) is 3.11. The van der Waals surface area contributed by atoms with Crippen LogP contribution in [0.3, 0.4) is 0 Å². The molecule has 1 aromatic rings. The second-order valence-corrected chi connectivity index (χ2v) is 6.09. The highest BCUT2D eigenvalue weighted by Crippen LogP contribution is 2.34. The third-order valence-electron chi connectivity index (χ3n) is 4.53. The molecule has 1 aliphatic heterocycles. The fraction of sp³-hybridized carbons (Fsp3) is 0.529. The number of rotatable bonds is 3. The smallest absolute Gasteiger partial charge is 0.329 e. The van der Waals surface area contributed by atoms with Crippen LogP contribution in [0.5, 0.6) is 11.5 Å². The van der Waals surface area contributed by atoms with Crippen LogP contribution in [-0.2, 0) is 4.79 Å². The minimum Gasteiger partial charge on any atom is -0.486 e. The maximum absolute atomic E-state index is 12.7. The third-order valence-corrected chi connectivity index (χ3v) is 4.53. The highest BCUT2D eigenvalue weighted by molar-refractivity contribution is 6.00. The largest absolute Gasteiger partial charge is 0.486 e. The van der Waals surface area contributed by atoms with Gasteiger partial charge in [-0.3, -0.25) is 4.79 Å². The zero-order valence-corrected chi connectivity index (χ0v) is 13.0. The lowest BCUT2D eigenvalue weighted by Crippen LogP contribution is -2.54. The van der Waals surface area contributed by atoms with Crippen LogP contribution >= 0.6 is 0 Å². The molecule has 0 atom stereocenters. The summed E-state index contributed by atoms with van der Waals surface area (Å²) < 4.78 is 11.0. The van der Waals surface area contributed by atoms with E-state index in [1.807, 2.05) is 0 Å². The van der Waals surface area contributed by atoms with Gasteiger partial charge in [-0.15, -0.1) is 0 Å². The number of ether oxygens (including phenoxy) is 2. The molecule has 0 unspecified atom stereocenters. The number of carbonyl (C=O) groups excluding carboxylic acids is 1. The maximum atomic E-state index is 12.7. The van der Waals surface area contributed by atoms with Crippen LogP contribution in [0, 0.1) is 0 Å². The van der Waals surface area contributed by atoms with Gasteiger partial charge in [-0.25, -0.2) is 4.79 Å². The van der Waals surface area contributed by atoms with Crippen molar-refractivity contribution in [1.29, 1.82) is 0 Å². The number of carboxylic acids is 1. The Balaban J connectivity index is 1.86. The minimum atomic E-state index is -1.19. The topological polar surface area (TPSA) is 84.9 Å². The lowest BCUT2D eigenvalue weighted by atomic mass is 9.89. The Morgan fingerprint density at radius 2 is 1.74 bits per heavy atom. The molecule has 23 heavy (non-hydrogen) atoms. The molecule has 2 N–H and O–H groups in total. The first-order valence-electron chi connectivity index (χ1n) is 8.07. The van der Waals surface area contributed by atoms with E-state index < -0.39 is 17.4 Å². The molecular weight excluding hydrogens is 298 g/mol. The number of para-hydroxylation sites is 1. The molecule has 1 aromatic carbocycles. The van der Waals surface area contributed by atoms with Gasteiger partial charge in [0, 0.05) is 0 Å². The zero-order valence-electron chi connectivity index (χ0n) is 13.0. The number of carbonyl (C=O) groups is 2. The number of amides is 1. The summed E-state index contributed by atoms with van der Waals surface area (Å²) in [4.78, 5) is 24.5. The molecule has 6 heteroatoms. The molecule has 124 valence electrons. The van der Waals surface area contributed by atoms with Gasteiger partial charge in [-0.05, 0) is 25.0 Å². The number of fused-ring (bicyclic) bond motifs is 1. The van der Waals surface area contributed by atoms with Crippen LogP contribution in [0.4, 0.5) is 0 Å². The van der Waals surface area contributed by atoms with Crippen molar-refractivity contribution in [2.45, 2.75) is 44.1 Å². The van der Waals surface area contributed by atoms with Crippen LogP contribution in [0.1, 0.15) is 48.9 Å². The Hall–Kier alpha value is -2.24. The van der Waals surface area contributed by atoms with Crippen molar-refractivity contribution in [1.82, 2.24) is 5.32 Å². The Kier molecular flexibility index (Phi) is 4.41. The molecule has 6 nitrogen and oxygen atoms in total. The first-order chi connectivity index (χ1) is 11.1. The average molecular weight is 319 g/mol. The number of nitrogens with one attached hydrogen (secondary N) is 1. The summed E-state index contributed by atoms with van der Waals surface area (Å²) >= 11 is 0. The van der Waals surface area contributed by atoms with Crippen molar-refractivity contribution in [3.8, 4) is 11.5 Å². The van der Waals surface area contributed by atoms with E-state index in [4.69, 9.17) is 9.47 Å². The normalized spacial score (nSPS) is 19.5. The Morgan fingerprint density at radius 1 is 1.04 bits per heavy atom. The van der Waals surface area contributed by atoms with Gasteiger partial charge in [0.25, 0.3) is 5.91 Å². The summed E-state index contributed by atoms with van der Waals surface area (Å²) in [5.41, 5.74) is -0.863. The van der Waals surface area contributed by atoms with Crippen molar-refractivity contribution in [2.75, 3.05) is 13.2 Å². The molecule has 3 rings (SSSR count). The molecule has 0 saturated heterocycles. The minimum absolute atomic E-state index is 0.326. The second kappa shape index (κ2) is 6.48. The molecule has 1 heterocycles. The van der Waals surface area contributed by atoms with Gasteiger partial charge < -0.3 is 19.9 Å². The van der Waals surface area contributed by atoms with Crippen LogP contribution in [0.25, 0.3) is 0 Å². The van der Waals surface area contributed by atoms with E-state index in [0.29, 0.717) is 43.1 Å². The predicted octanol–water partition coefficient (Wildman–Crippen LogP) is 2.37. The highest BCUT2D eigenvalue weighted by Gasteiger charge is 2.40.